The fraction of sp³-hybridized carbons (Fsp3) is 0.278. The average Bonchev–Trinajstić information content (AvgIpc) is 2.76. The molecule has 0 unspecified atom stereocenters. The number of aryl methyl sites for hydroxylation is 1. The van der Waals surface area contributed by atoms with Crippen molar-refractivity contribution in [2.75, 3.05) is 5.32 Å². The molecule has 0 saturated carbocycles. The maximum Gasteiger partial charge on any atom is 0.139 e. The number of halogens is 2. The van der Waals surface area contributed by atoms with E-state index in [1.807, 2.05) is 24.3 Å². The van der Waals surface area contributed by atoms with Gasteiger partial charge in [0.05, 0.1) is 0 Å². The van der Waals surface area contributed by atoms with Gasteiger partial charge in [-0.2, -0.15) is 0 Å². The molecule has 3 rings (SSSR count). The molecule has 23 heavy (non-hydrogen) atoms. The second-order valence-corrected chi connectivity index (χ2v) is 8.02. The van der Waals surface area contributed by atoms with Gasteiger partial charge in [0, 0.05) is 26.8 Å². The molecular weight excluding hydrogens is 374 g/mol. The van der Waals surface area contributed by atoms with Gasteiger partial charge in [-0.3, -0.25) is 4.40 Å². The van der Waals surface area contributed by atoms with E-state index in [0.29, 0.717) is 5.02 Å². The predicted molar refractivity (Wildman–Crippen MR) is 101 cm³/mol. The Bertz CT molecular complexity index is 878. The van der Waals surface area contributed by atoms with E-state index in [-0.39, 0.29) is 5.54 Å². The summed E-state index contributed by atoms with van der Waals surface area (Å²) >= 11 is 9.78. The number of hydrogen-bond acceptors (Lipinski definition) is 2. The fourth-order valence-electron chi connectivity index (χ4n) is 2.47. The van der Waals surface area contributed by atoms with Crippen molar-refractivity contribution in [3.8, 4) is 11.3 Å². The number of pyridine rings is 1. The molecule has 120 valence electrons. The fourth-order valence-corrected chi connectivity index (χ4v) is 2.98. The maximum atomic E-state index is 6.17. The Morgan fingerprint density at radius 3 is 2.61 bits per heavy atom. The average molecular weight is 393 g/mol. The van der Waals surface area contributed by atoms with Crippen molar-refractivity contribution < 1.29 is 0 Å². The molecule has 2 heterocycles. The minimum absolute atomic E-state index is 0.0827. The molecule has 0 fully saturated rings. The van der Waals surface area contributed by atoms with E-state index in [2.05, 4.69) is 65.6 Å². The number of imidazole rings is 1. The van der Waals surface area contributed by atoms with Gasteiger partial charge < -0.3 is 5.32 Å². The quantitative estimate of drug-likeness (QED) is 0.585. The van der Waals surface area contributed by atoms with Crippen LogP contribution in [-0.2, 0) is 0 Å². The Morgan fingerprint density at radius 2 is 1.96 bits per heavy atom. The summed E-state index contributed by atoms with van der Waals surface area (Å²) in [6.07, 6.45) is 2.06. The first-order valence-corrected chi connectivity index (χ1v) is 8.64. The van der Waals surface area contributed by atoms with Gasteiger partial charge in [-0.15, -0.1) is 0 Å². The molecule has 0 saturated heterocycles. The van der Waals surface area contributed by atoms with Crippen molar-refractivity contribution in [3.05, 3.63) is 51.6 Å². The van der Waals surface area contributed by atoms with Crippen LogP contribution in [0.15, 0.2) is 41.0 Å². The molecule has 0 atom stereocenters. The van der Waals surface area contributed by atoms with E-state index in [1.54, 1.807) is 0 Å². The molecule has 0 aliphatic rings. The van der Waals surface area contributed by atoms with Crippen LogP contribution < -0.4 is 5.32 Å². The van der Waals surface area contributed by atoms with E-state index in [9.17, 15) is 0 Å². The highest BCUT2D eigenvalue weighted by Gasteiger charge is 2.20. The molecule has 3 nitrogen and oxygen atoms in total. The third kappa shape index (κ3) is 3.38. The van der Waals surface area contributed by atoms with E-state index >= 15 is 0 Å². The second kappa shape index (κ2) is 5.84. The van der Waals surface area contributed by atoms with Crippen LogP contribution in [0.2, 0.25) is 5.02 Å². The van der Waals surface area contributed by atoms with E-state index in [1.165, 1.54) is 0 Å². The number of nitrogens with one attached hydrogen (secondary N) is 1. The highest BCUT2D eigenvalue weighted by atomic mass is 79.9. The van der Waals surface area contributed by atoms with Crippen molar-refractivity contribution in [1.29, 1.82) is 0 Å². The minimum Gasteiger partial charge on any atom is -0.365 e. The maximum absolute atomic E-state index is 6.17. The number of benzene rings is 1. The summed E-state index contributed by atoms with van der Waals surface area (Å²) in [5.41, 5.74) is 3.89. The van der Waals surface area contributed by atoms with Crippen molar-refractivity contribution in [2.24, 2.45) is 0 Å². The van der Waals surface area contributed by atoms with Crippen LogP contribution in [0.4, 0.5) is 5.82 Å². The van der Waals surface area contributed by atoms with Crippen LogP contribution in [0.25, 0.3) is 16.9 Å². The molecule has 0 spiro atoms. The van der Waals surface area contributed by atoms with Gasteiger partial charge in [0.2, 0.25) is 0 Å². The van der Waals surface area contributed by atoms with Crippen LogP contribution in [0.1, 0.15) is 26.3 Å². The highest BCUT2D eigenvalue weighted by Crippen LogP contribution is 2.33. The van der Waals surface area contributed by atoms with Crippen molar-refractivity contribution >= 4 is 39.0 Å². The number of aromatic nitrogens is 2. The third-order valence-corrected chi connectivity index (χ3v) is 4.56. The normalized spacial score (nSPS) is 11.9. The summed E-state index contributed by atoms with van der Waals surface area (Å²) in [5.74, 6) is 0.968. The first-order valence-electron chi connectivity index (χ1n) is 7.47. The van der Waals surface area contributed by atoms with E-state index in [4.69, 9.17) is 16.6 Å². The van der Waals surface area contributed by atoms with Gasteiger partial charge in [-0.05, 0) is 67.4 Å². The van der Waals surface area contributed by atoms with E-state index in [0.717, 1.165) is 32.8 Å². The SMILES string of the molecule is Cc1cc2nc(-c3cccc(Cl)c3)c(NC(C)(C)C)n2cc1Br. The van der Waals surface area contributed by atoms with Crippen molar-refractivity contribution in [1.82, 2.24) is 9.38 Å². The Balaban J connectivity index is 2.29. The monoisotopic (exact) mass is 391 g/mol. The van der Waals surface area contributed by atoms with Crippen LogP contribution in [0.5, 0.6) is 0 Å². The number of hydrogen-bond donors (Lipinski definition) is 1. The van der Waals surface area contributed by atoms with Gasteiger partial charge in [0.15, 0.2) is 0 Å². The summed E-state index contributed by atoms with van der Waals surface area (Å²) in [6, 6.07) is 9.87. The first-order chi connectivity index (χ1) is 10.7. The summed E-state index contributed by atoms with van der Waals surface area (Å²) < 4.78 is 3.13. The summed E-state index contributed by atoms with van der Waals surface area (Å²) in [7, 11) is 0. The number of fused-ring (bicyclic) bond motifs is 1. The summed E-state index contributed by atoms with van der Waals surface area (Å²) in [6.45, 7) is 8.47. The second-order valence-electron chi connectivity index (χ2n) is 6.73. The van der Waals surface area contributed by atoms with Crippen molar-refractivity contribution in [2.45, 2.75) is 33.2 Å². The lowest BCUT2D eigenvalue weighted by Crippen LogP contribution is -2.27. The Kier molecular flexibility index (Phi) is 4.15. The molecule has 0 aliphatic carbocycles. The highest BCUT2D eigenvalue weighted by molar-refractivity contribution is 9.10. The van der Waals surface area contributed by atoms with Crippen LogP contribution in [0, 0.1) is 6.92 Å². The number of nitrogens with zero attached hydrogens (tertiary/aromatic N) is 2. The van der Waals surface area contributed by atoms with Crippen LogP contribution >= 0.6 is 27.5 Å². The zero-order chi connectivity index (χ0) is 16.8. The molecule has 1 aromatic carbocycles. The van der Waals surface area contributed by atoms with Gasteiger partial charge in [-0.1, -0.05) is 23.7 Å². The predicted octanol–water partition coefficient (Wildman–Crippen LogP) is 5.94. The first kappa shape index (κ1) is 16.3. The minimum atomic E-state index is -0.0827. The number of rotatable bonds is 2. The Labute approximate surface area is 149 Å². The van der Waals surface area contributed by atoms with Crippen molar-refractivity contribution in [3.63, 3.8) is 0 Å². The molecule has 3 aromatic rings. The van der Waals surface area contributed by atoms with Crippen LogP contribution in [-0.4, -0.2) is 14.9 Å². The molecule has 1 N–H and O–H groups in total. The molecule has 0 bridgehead atoms. The Hall–Kier alpha value is -1.52. The lowest BCUT2D eigenvalue weighted by molar-refractivity contribution is 0.629. The van der Waals surface area contributed by atoms with Gasteiger partial charge in [-0.25, -0.2) is 4.98 Å². The molecule has 0 aliphatic heterocycles. The smallest absolute Gasteiger partial charge is 0.139 e. The topological polar surface area (TPSA) is 29.3 Å². The molecule has 5 heteroatoms. The number of anilines is 1. The van der Waals surface area contributed by atoms with E-state index < -0.39 is 0 Å². The Morgan fingerprint density at radius 1 is 1.22 bits per heavy atom. The van der Waals surface area contributed by atoms with Gasteiger partial charge in [0.25, 0.3) is 0 Å². The molecule has 0 radical (unpaired) electrons. The third-order valence-electron chi connectivity index (χ3n) is 3.49. The lowest BCUT2D eigenvalue weighted by Gasteiger charge is -2.22. The summed E-state index contributed by atoms with van der Waals surface area (Å²) in [5, 5.41) is 4.28. The standard InChI is InChI=1S/C18H19BrClN3/c1-11-8-15-21-16(12-6-5-7-13(20)9-12)17(22-18(2,3)4)23(15)10-14(11)19/h5-10,22H,1-4H3. The lowest BCUT2D eigenvalue weighted by atomic mass is 10.1. The van der Waals surface area contributed by atoms with Gasteiger partial charge in [0.1, 0.15) is 17.2 Å². The van der Waals surface area contributed by atoms with Gasteiger partial charge >= 0.3 is 0 Å². The summed E-state index contributed by atoms with van der Waals surface area (Å²) in [4.78, 5) is 4.83. The zero-order valence-corrected chi connectivity index (χ0v) is 16.0. The largest absolute Gasteiger partial charge is 0.365 e. The van der Waals surface area contributed by atoms with Crippen LogP contribution in [0.3, 0.4) is 0 Å². The molecular formula is C18H19BrClN3. The molecule has 2 aromatic heterocycles. The zero-order valence-electron chi connectivity index (χ0n) is 13.6. The molecule has 0 amide bonds.